The van der Waals surface area contributed by atoms with Gasteiger partial charge in [-0.1, -0.05) is 72.8 Å². The maximum atomic E-state index is 13.3. The highest BCUT2D eigenvalue weighted by Gasteiger charge is 2.33. The van der Waals surface area contributed by atoms with E-state index in [2.05, 4.69) is 15.4 Å². The largest absolute Gasteiger partial charge is 0.497 e. The van der Waals surface area contributed by atoms with Gasteiger partial charge < -0.3 is 4.74 Å². The summed E-state index contributed by atoms with van der Waals surface area (Å²) >= 11 is 0. The van der Waals surface area contributed by atoms with Crippen LogP contribution in [0.5, 0.6) is 5.75 Å². The molecule has 1 aliphatic rings. The van der Waals surface area contributed by atoms with E-state index < -0.39 is 0 Å². The zero-order valence-electron chi connectivity index (χ0n) is 18.1. The van der Waals surface area contributed by atoms with Gasteiger partial charge in [0, 0.05) is 12.0 Å². The number of tetrazole rings is 1. The third kappa shape index (κ3) is 4.36. The molecular formula is C25H22N6O2. The Kier molecular flexibility index (Phi) is 5.63. The lowest BCUT2D eigenvalue weighted by Gasteiger charge is -2.22. The minimum absolute atomic E-state index is 0.0575. The number of aromatic nitrogens is 4. The van der Waals surface area contributed by atoms with Crippen LogP contribution in [0.25, 0.3) is 11.4 Å². The van der Waals surface area contributed by atoms with Crippen molar-refractivity contribution in [3.63, 3.8) is 0 Å². The first kappa shape index (κ1) is 20.6. The van der Waals surface area contributed by atoms with E-state index >= 15 is 0 Å². The molecule has 164 valence electrons. The van der Waals surface area contributed by atoms with Gasteiger partial charge in [0.25, 0.3) is 5.91 Å². The van der Waals surface area contributed by atoms with E-state index in [-0.39, 0.29) is 18.5 Å². The predicted molar refractivity (Wildman–Crippen MR) is 123 cm³/mol. The summed E-state index contributed by atoms with van der Waals surface area (Å²) in [4.78, 5) is 14.6. The van der Waals surface area contributed by atoms with Crippen molar-refractivity contribution >= 4 is 11.6 Å². The summed E-state index contributed by atoms with van der Waals surface area (Å²) in [7, 11) is 1.63. The lowest BCUT2D eigenvalue weighted by molar-refractivity contribution is -0.134. The van der Waals surface area contributed by atoms with Gasteiger partial charge in [-0.05, 0) is 28.5 Å². The molecule has 0 radical (unpaired) electrons. The predicted octanol–water partition coefficient (Wildman–Crippen LogP) is 3.73. The van der Waals surface area contributed by atoms with E-state index in [0.717, 1.165) is 28.2 Å². The molecule has 8 nitrogen and oxygen atoms in total. The fourth-order valence-electron chi connectivity index (χ4n) is 3.84. The fraction of sp³-hybridized carbons (Fsp3) is 0.160. The Bertz CT molecular complexity index is 1270. The van der Waals surface area contributed by atoms with Gasteiger partial charge in [0.15, 0.2) is 0 Å². The number of carbonyl (C=O) groups is 1. The highest BCUT2D eigenvalue weighted by atomic mass is 16.5. The topological polar surface area (TPSA) is 85.5 Å². The molecule has 1 unspecified atom stereocenters. The van der Waals surface area contributed by atoms with Crippen LogP contribution >= 0.6 is 0 Å². The number of benzene rings is 3. The molecule has 1 aromatic heterocycles. The van der Waals surface area contributed by atoms with Crippen molar-refractivity contribution in [2.75, 3.05) is 7.11 Å². The molecule has 0 aliphatic carbocycles. The first-order valence-electron chi connectivity index (χ1n) is 10.6. The molecule has 1 atom stereocenters. The van der Waals surface area contributed by atoms with Crippen molar-refractivity contribution in [1.82, 2.24) is 25.2 Å². The van der Waals surface area contributed by atoms with Crippen LogP contribution in [0.3, 0.4) is 0 Å². The Morgan fingerprint density at radius 1 is 0.939 bits per heavy atom. The SMILES string of the molecule is COc1ccc(C2CC(c3ccccc3)=NN2C(=O)Cn2nnc(-c3ccccc3)n2)cc1. The second-order valence-corrected chi connectivity index (χ2v) is 7.65. The van der Waals surface area contributed by atoms with E-state index in [0.29, 0.717) is 12.2 Å². The summed E-state index contributed by atoms with van der Waals surface area (Å²) in [5, 5.41) is 18.8. The molecule has 8 heteroatoms. The fourth-order valence-corrected chi connectivity index (χ4v) is 3.84. The molecule has 3 aromatic carbocycles. The van der Waals surface area contributed by atoms with Crippen LogP contribution in [0.2, 0.25) is 0 Å². The van der Waals surface area contributed by atoms with E-state index in [9.17, 15) is 4.79 Å². The lowest BCUT2D eigenvalue weighted by atomic mass is 9.98. The molecule has 2 heterocycles. The minimum Gasteiger partial charge on any atom is -0.497 e. The highest BCUT2D eigenvalue weighted by molar-refractivity contribution is 6.03. The number of hydrazone groups is 1. The maximum absolute atomic E-state index is 13.3. The van der Waals surface area contributed by atoms with Crippen LogP contribution in [0.1, 0.15) is 23.6 Å². The second-order valence-electron chi connectivity index (χ2n) is 7.65. The Labute approximate surface area is 191 Å². The molecule has 1 aliphatic heterocycles. The summed E-state index contributed by atoms with van der Waals surface area (Å²) in [5.74, 6) is 1.03. The number of methoxy groups -OCH3 is 1. The minimum atomic E-state index is -0.226. The highest BCUT2D eigenvalue weighted by Crippen LogP contribution is 2.33. The van der Waals surface area contributed by atoms with E-state index in [1.165, 1.54) is 9.81 Å². The Morgan fingerprint density at radius 3 is 2.27 bits per heavy atom. The standard InChI is InChI=1S/C25H22N6O2/c1-33-21-14-12-19(13-15-21)23-16-22(18-8-4-2-5-9-18)27-31(23)24(32)17-30-28-25(26-29-30)20-10-6-3-7-11-20/h2-15,23H,16-17H2,1H3. The molecule has 33 heavy (non-hydrogen) atoms. The number of rotatable bonds is 6. The molecule has 1 amide bonds. The van der Waals surface area contributed by atoms with Crippen LogP contribution in [0.4, 0.5) is 0 Å². The normalized spacial score (nSPS) is 15.4. The Hall–Kier alpha value is -4.33. The first-order valence-corrected chi connectivity index (χ1v) is 10.6. The maximum Gasteiger partial charge on any atom is 0.266 e. The van der Waals surface area contributed by atoms with E-state index in [1.54, 1.807) is 7.11 Å². The van der Waals surface area contributed by atoms with Gasteiger partial charge in [0.2, 0.25) is 5.82 Å². The molecule has 0 spiro atoms. The van der Waals surface area contributed by atoms with Gasteiger partial charge in [0.1, 0.15) is 12.3 Å². The van der Waals surface area contributed by atoms with Crippen molar-refractivity contribution in [3.8, 4) is 17.1 Å². The van der Waals surface area contributed by atoms with E-state index in [1.807, 2.05) is 84.9 Å². The van der Waals surface area contributed by atoms with Gasteiger partial charge >= 0.3 is 0 Å². The number of hydrogen-bond acceptors (Lipinski definition) is 6. The Balaban J connectivity index is 1.41. The molecule has 0 fully saturated rings. The first-order chi connectivity index (χ1) is 16.2. The molecule has 0 bridgehead atoms. The van der Waals surface area contributed by atoms with Gasteiger partial charge in [-0.2, -0.15) is 9.90 Å². The quantitative estimate of drug-likeness (QED) is 0.458. The smallest absolute Gasteiger partial charge is 0.266 e. The summed E-state index contributed by atoms with van der Waals surface area (Å²) < 4.78 is 5.28. The number of hydrogen-bond donors (Lipinski definition) is 0. The van der Waals surface area contributed by atoms with Crippen LogP contribution < -0.4 is 4.74 Å². The van der Waals surface area contributed by atoms with Crippen molar-refractivity contribution < 1.29 is 9.53 Å². The van der Waals surface area contributed by atoms with Gasteiger partial charge in [-0.3, -0.25) is 4.79 Å². The van der Waals surface area contributed by atoms with Crippen LogP contribution in [-0.4, -0.2) is 43.9 Å². The molecule has 5 rings (SSSR count). The molecular weight excluding hydrogens is 416 g/mol. The monoisotopic (exact) mass is 438 g/mol. The lowest BCUT2D eigenvalue weighted by Crippen LogP contribution is -2.31. The van der Waals surface area contributed by atoms with Crippen molar-refractivity contribution in [2.24, 2.45) is 5.10 Å². The summed E-state index contributed by atoms with van der Waals surface area (Å²) in [6.07, 6.45) is 0.613. The van der Waals surface area contributed by atoms with Crippen molar-refractivity contribution in [1.29, 1.82) is 0 Å². The van der Waals surface area contributed by atoms with Crippen LogP contribution in [0, 0.1) is 0 Å². The average Bonchev–Trinajstić information content (AvgIpc) is 3.53. The number of ether oxygens (including phenoxy) is 1. The summed E-state index contributed by atoms with van der Waals surface area (Å²) in [6.45, 7) is -0.0575. The van der Waals surface area contributed by atoms with Crippen LogP contribution in [-0.2, 0) is 11.3 Å². The van der Waals surface area contributed by atoms with Gasteiger partial charge in [0.05, 0.1) is 18.9 Å². The van der Waals surface area contributed by atoms with Gasteiger partial charge in [-0.25, -0.2) is 5.01 Å². The molecule has 0 saturated heterocycles. The summed E-state index contributed by atoms with van der Waals surface area (Å²) in [5.41, 5.74) is 3.69. The van der Waals surface area contributed by atoms with Crippen molar-refractivity contribution in [3.05, 3.63) is 96.1 Å². The third-order valence-electron chi connectivity index (χ3n) is 5.53. The number of nitrogens with zero attached hydrogens (tertiary/aromatic N) is 6. The molecule has 4 aromatic rings. The number of amides is 1. The zero-order chi connectivity index (χ0) is 22.6. The second kappa shape index (κ2) is 9.04. The average molecular weight is 438 g/mol. The Morgan fingerprint density at radius 2 is 1.61 bits per heavy atom. The molecule has 0 N–H and O–H groups in total. The number of carbonyl (C=O) groups excluding carboxylic acids is 1. The molecule has 0 saturated carbocycles. The summed E-state index contributed by atoms with van der Waals surface area (Å²) in [6, 6.07) is 26.9. The zero-order valence-corrected chi connectivity index (χ0v) is 18.1. The third-order valence-corrected chi connectivity index (χ3v) is 5.53. The van der Waals surface area contributed by atoms with Crippen LogP contribution in [0.15, 0.2) is 90.0 Å². The van der Waals surface area contributed by atoms with Gasteiger partial charge in [-0.15, -0.1) is 10.2 Å². The van der Waals surface area contributed by atoms with Crippen molar-refractivity contribution in [2.45, 2.75) is 19.0 Å². The van der Waals surface area contributed by atoms with E-state index in [4.69, 9.17) is 9.84 Å².